The summed E-state index contributed by atoms with van der Waals surface area (Å²) in [5.74, 6) is -1.00. The largest absolute Gasteiger partial charge is 0.478 e. The van der Waals surface area contributed by atoms with Crippen molar-refractivity contribution in [2.75, 3.05) is 25.1 Å². The second kappa shape index (κ2) is 6.68. The highest BCUT2D eigenvalue weighted by Gasteiger charge is 2.17. The quantitative estimate of drug-likeness (QED) is 0.755. The first kappa shape index (κ1) is 16.0. The van der Waals surface area contributed by atoms with Crippen LogP contribution in [-0.2, 0) is 0 Å². The van der Waals surface area contributed by atoms with Gasteiger partial charge in [0.25, 0.3) is 0 Å². The predicted octanol–water partition coefficient (Wildman–Crippen LogP) is 3.03. The number of aliphatic hydroxyl groups excluding tert-OH is 1. The lowest BCUT2D eigenvalue weighted by Gasteiger charge is -2.19. The molecular weight excluding hydrogens is 304 g/mol. The fourth-order valence-corrected chi connectivity index (χ4v) is 2.78. The maximum Gasteiger partial charge on any atom is 0.337 e. The molecule has 1 heterocycles. The average Bonchev–Trinajstić information content (AvgIpc) is 2.61. The second-order valence-corrected chi connectivity index (χ2v) is 5.56. The zero-order chi connectivity index (χ0) is 17.1. The molecule has 122 valence electrons. The van der Waals surface area contributed by atoms with Gasteiger partial charge in [-0.05, 0) is 23.8 Å². The number of aromatic nitrogens is 1. The molecule has 3 aromatic rings. The third-order valence-electron chi connectivity index (χ3n) is 4.02. The number of likely N-dealkylation sites (N-methyl/N-ethyl adjacent to an activating group) is 1. The minimum atomic E-state index is -1.00. The smallest absolute Gasteiger partial charge is 0.337 e. The van der Waals surface area contributed by atoms with E-state index in [0.717, 1.165) is 22.2 Å². The summed E-state index contributed by atoms with van der Waals surface area (Å²) < 4.78 is 0. The average molecular weight is 322 g/mol. The van der Waals surface area contributed by atoms with Crippen molar-refractivity contribution >= 4 is 22.6 Å². The van der Waals surface area contributed by atoms with Gasteiger partial charge in [0.2, 0.25) is 0 Å². The Bertz CT molecular complexity index is 878. The van der Waals surface area contributed by atoms with Crippen LogP contribution in [0, 0.1) is 0 Å². The number of nitrogens with zero attached hydrogens (tertiary/aromatic N) is 2. The van der Waals surface area contributed by atoms with E-state index < -0.39 is 5.97 Å². The van der Waals surface area contributed by atoms with Gasteiger partial charge in [-0.25, -0.2) is 4.79 Å². The summed E-state index contributed by atoms with van der Waals surface area (Å²) in [5.41, 5.74) is 3.31. The van der Waals surface area contributed by atoms with E-state index in [9.17, 15) is 9.90 Å². The molecule has 0 fully saturated rings. The number of benzene rings is 2. The van der Waals surface area contributed by atoms with E-state index in [1.54, 1.807) is 0 Å². The van der Waals surface area contributed by atoms with Crippen LogP contribution in [0.1, 0.15) is 10.4 Å². The van der Waals surface area contributed by atoms with Crippen molar-refractivity contribution in [3.8, 4) is 11.1 Å². The Morgan fingerprint density at radius 2 is 1.92 bits per heavy atom. The summed E-state index contributed by atoms with van der Waals surface area (Å²) in [7, 11) is 1.88. The molecule has 2 aromatic carbocycles. The molecule has 5 nitrogen and oxygen atoms in total. The van der Waals surface area contributed by atoms with E-state index in [1.807, 2.05) is 60.5 Å². The molecule has 0 saturated carbocycles. The molecule has 0 saturated heterocycles. The molecule has 0 amide bonds. The number of hydrogen-bond acceptors (Lipinski definition) is 4. The van der Waals surface area contributed by atoms with Crippen LogP contribution >= 0.6 is 0 Å². The number of rotatable bonds is 5. The molecular formula is C19H18N2O3. The van der Waals surface area contributed by atoms with Gasteiger partial charge >= 0.3 is 5.97 Å². The molecule has 0 aliphatic rings. The second-order valence-electron chi connectivity index (χ2n) is 5.56. The summed E-state index contributed by atoms with van der Waals surface area (Å²) in [6.45, 7) is 0.547. The lowest BCUT2D eigenvalue weighted by molar-refractivity contribution is 0.0697. The fraction of sp³-hybridized carbons (Fsp3) is 0.158. The number of pyridine rings is 1. The highest BCUT2D eigenvalue weighted by molar-refractivity contribution is 6.06. The lowest BCUT2D eigenvalue weighted by Crippen LogP contribution is -2.21. The van der Waals surface area contributed by atoms with Crippen molar-refractivity contribution in [1.29, 1.82) is 0 Å². The molecule has 0 aliphatic carbocycles. The molecule has 0 unspecified atom stereocenters. The Labute approximate surface area is 139 Å². The number of carboxylic acids is 1. The Balaban J connectivity index is 2.29. The normalized spacial score (nSPS) is 10.8. The van der Waals surface area contributed by atoms with Gasteiger partial charge in [-0.3, -0.25) is 4.98 Å². The molecule has 2 N–H and O–H groups in total. The van der Waals surface area contributed by atoms with Gasteiger partial charge in [0.15, 0.2) is 0 Å². The van der Waals surface area contributed by atoms with Crippen molar-refractivity contribution in [1.82, 2.24) is 4.98 Å². The minimum absolute atomic E-state index is 0.0491. The zero-order valence-corrected chi connectivity index (χ0v) is 13.3. The molecule has 0 radical (unpaired) electrons. The standard InChI is InChI=1S/C19H18N2O3/c1-21(9-10-22)14-7-8-17-15(11-14)18(13-5-3-2-4-6-13)16(12-20-17)19(23)24/h2-8,11-12,22H,9-10H2,1H3,(H,23,24). The first-order valence-electron chi connectivity index (χ1n) is 7.65. The van der Waals surface area contributed by atoms with Crippen LogP contribution in [0.2, 0.25) is 0 Å². The number of carboxylic acid groups (broad SMARTS) is 1. The van der Waals surface area contributed by atoms with E-state index in [4.69, 9.17) is 5.11 Å². The molecule has 1 aromatic heterocycles. The summed E-state index contributed by atoms with van der Waals surface area (Å²) in [4.78, 5) is 17.9. The maximum atomic E-state index is 11.7. The van der Waals surface area contributed by atoms with Crippen LogP contribution in [0.3, 0.4) is 0 Å². The van der Waals surface area contributed by atoms with Gasteiger partial charge < -0.3 is 15.1 Å². The number of carbonyl (C=O) groups is 1. The van der Waals surface area contributed by atoms with Gasteiger partial charge in [-0.2, -0.15) is 0 Å². The van der Waals surface area contributed by atoms with Crippen molar-refractivity contribution in [2.45, 2.75) is 0 Å². The first-order valence-corrected chi connectivity index (χ1v) is 7.65. The number of hydrogen-bond donors (Lipinski definition) is 2. The summed E-state index contributed by atoms with van der Waals surface area (Å²) >= 11 is 0. The van der Waals surface area contributed by atoms with E-state index >= 15 is 0 Å². The van der Waals surface area contributed by atoms with Gasteiger partial charge in [0.1, 0.15) is 0 Å². The Hall–Kier alpha value is -2.92. The van der Waals surface area contributed by atoms with Crippen LogP contribution < -0.4 is 4.90 Å². The lowest BCUT2D eigenvalue weighted by atomic mass is 9.96. The van der Waals surface area contributed by atoms with Crippen LogP contribution in [0.5, 0.6) is 0 Å². The molecule has 5 heteroatoms. The van der Waals surface area contributed by atoms with Crippen LogP contribution in [-0.4, -0.2) is 41.4 Å². The Morgan fingerprint density at radius 1 is 1.17 bits per heavy atom. The topological polar surface area (TPSA) is 73.7 Å². The highest BCUT2D eigenvalue weighted by Crippen LogP contribution is 2.33. The fourth-order valence-electron chi connectivity index (χ4n) is 2.78. The van der Waals surface area contributed by atoms with E-state index in [2.05, 4.69) is 4.98 Å². The van der Waals surface area contributed by atoms with Crippen molar-refractivity contribution < 1.29 is 15.0 Å². The van der Waals surface area contributed by atoms with Crippen LogP contribution in [0.4, 0.5) is 5.69 Å². The van der Waals surface area contributed by atoms with Crippen LogP contribution in [0.15, 0.2) is 54.7 Å². The van der Waals surface area contributed by atoms with Gasteiger partial charge in [-0.1, -0.05) is 30.3 Å². The third-order valence-corrected chi connectivity index (χ3v) is 4.02. The van der Waals surface area contributed by atoms with Gasteiger partial charge in [-0.15, -0.1) is 0 Å². The zero-order valence-electron chi connectivity index (χ0n) is 13.3. The monoisotopic (exact) mass is 322 g/mol. The number of fused-ring (bicyclic) bond motifs is 1. The Kier molecular flexibility index (Phi) is 4.44. The molecule has 0 bridgehead atoms. The van der Waals surface area contributed by atoms with Crippen molar-refractivity contribution in [3.63, 3.8) is 0 Å². The molecule has 0 aliphatic heterocycles. The minimum Gasteiger partial charge on any atom is -0.478 e. The van der Waals surface area contributed by atoms with E-state index in [1.165, 1.54) is 6.20 Å². The van der Waals surface area contributed by atoms with E-state index in [-0.39, 0.29) is 12.2 Å². The van der Waals surface area contributed by atoms with Crippen molar-refractivity contribution in [2.24, 2.45) is 0 Å². The first-order chi connectivity index (χ1) is 11.6. The summed E-state index contributed by atoms with van der Waals surface area (Å²) in [6.07, 6.45) is 1.41. The molecule has 24 heavy (non-hydrogen) atoms. The van der Waals surface area contributed by atoms with Crippen molar-refractivity contribution in [3.05, 3.63) is 60.3 Å². The SMILES string of the molecule is CN(CCO)c1ccc2ncc(C(=O)O)c(-c3ccccc3)c2c1. The predicted molar refractivity (Wildman–Crippen MR) is 94.5 cm³/mol. The highest BCUT2D eigenvalue weighted by atomic mass is 16.4. The Morgan fingerprint density at radius 3 is 2.58 bits per heavy atom. The van der Waals surface area contributed by atoms with Gasteiger partial charge in [0.05, 0.1) is 17.7 Å². The maximum absolute atomic E-state index is 11.7. The summed E-state index contributed by atoms with van der Waals surface area (Å²) in [6, 6.07) is 15.2. The molecule has 0 atom stereocenters. The van der Waals surface area contributed by atoms with E-state index in [0.29, 0.717) is 12.1 Å². The number of anilines is 1. The molecule has 0 spiro atoms. The number of aliphatic hydroxyl groups is 1. The number of aromatic carboxylic acids is 1. The molecule has 3 rings (SSSR count). The summed E-state index contributed by atoms with van der Waals surface area (Å²) in [5, 5.41) is 19.5. The third kappa shape index (κ3) is 2.94. The van der Waals surface area contributed by atoms with Gasteiger partial charge in [0, 0.05) is 36.4 Å². The van der Waals surface area contributed by atoms with Crippen LogP contribution in [0.25, 0.3) is 22.0 Å².